The monoisotopic (exact) mass is 154 g/mol. The number of likely N-dealkylation sites (tertiary alicyclic amines) is 1. The smallest absolute Gasteiger partial charge is 0.0260 e. The molecule has 0 saturated carbocycles. The Morgan fingerprint density at radius 3 is 2.73 bits per heavy atom. The van der Waals surface area contributed by atoms with Gasteiger partial charge in [-0.25, -0.2) is 0 Å². The Kier molecular flexibility index (Phi) is 2.14. The van der Waals surface area contributed by atoms with E-state index in [9.17, 15) is 0 Å². The predicted molar refractivity (Wildman–Crippen MR) is 46.6 cm³/mol. The van der Waals surface area contributed by atoms with Gasteiger partial charge in [0.2, 0.25) is 0 Å². The summed E-state index contributed by atoms with van der Waals surface area (Å²) in [6, 6.07) is 0.869. The topological polar surface area (TPSA) is 15.3 Å². The van der Waals surface area contributed by atoms with Gasteiger partial charge < -0.3 is 5.32 Å². The Morgan fingerprint density at radius 1 is 1.36 bits per heavy atom. The molecule has 2 atom stereocenters. The summed E-state index contributed by atoms with van der Waals surface area (Å²) in [4.78, 5) is 2.63. The molecule has 2 aliphatic rings. The van der Waals surface area contributed by atoms with Crippen molar-refractivity contribution in [3.8, 4) is 0 Å². The molecule has 0 aliphatic carbocycles. The van der Waals surface area contributed by atoms with E-state index < -0.39 is 0 Å². The fourth-order valence-corrected chi connectivity index (χ4v) is 2.24. The van der Waals surface area contributed by atoms with Crippen molar-refractivity contribution in [1.82, 2.24) is 10.2 Å². The minimum absolute atomic E-state index is 0.869. The van der Waals surface area contributed by atoms with Crippen molar-refractivity contribution in [3.05, 3.63) is 0 Å². The minimum atomic E-state index is 0.869. The molecule has 2 rings (SSSR count). The Morgan fingerprint density at radius 2 is 2.18 bits per heavy atom. The summed E-state index contributed by atoms with van der Waals surface area (Å²) in [6.07, 6.45) is 2.76. The van der Waals surface area contributed by atoms with E-state index in [0.717, 1.165) is 12.0 Å². The highest BCUT2D eigenvalue weighted by atomic mass is 15.2. The van der Waals surface area contributed by atoms with Crippen LogP contribution in [0.15, 0.2) is 0 Å². The van der Waals surface area contributed by atoms with Crippen molar-refractivity contribution in [3.63, 3.8) is 0 Å². The van der Waals surface area contributed by atoms with Crippen LogP contribution >= 0.6 is 0 Å². The highest BCUT2D eigenvalue weighted by Crippen LogP contribution is 2.22. The lowest BCUT2D eigenvalue weighted by Crippen LogP contribution is -2.48. The Hall–Kier alpha value is -0.0800. The molecule has 2 heterocycles. The van der Waals surface area contributed by atoms with Gasteiger partial charge in [-0.05, 0) is 32.0 Å². The van der Waals surface area contributed by atoms with E-state index in [0.29, 0.717) is 0 Å². The van der Waals surface area contributed by atoms with Crippen molar-refractivity contribution in [1.29, 1.82) is 0 Å². The zero-order chi connectivity index (χ0) is 7.68. The van der Waals surface area contributed by atoms with Crippen molar-refractivity contribution in [2.75, 3.05) is 26.2 Å². The van der Waals surface area contributed by atoms with Gasteiger partial charge in [-0.15, -0.1) is 0 Å². The lowest BCUT2D eigenvalue weighted by atomic mass is 9.97. The van der Waals surface area contributed by atoms with Crippen molar-refractivity contribution >= 4 is 0 Å². The van der Waals surface area contributed by atoms with E-state index in [2.05, 4.69) is 17.1 Å². The second-order valence-corrected chi connectivity index (χ2v) is 3.78. The van der Waals surface area contributed by atoms with Crippen LogP contribution in [0.3, 0.4) is 0 Å². The largest absolute Gasteiger partial charge is 0.315 e. The van der Waals surface area contributed by atoms with Gasteiger partial charge in [0, 0.05) is 12.6 Å². The molecule has 0 amide bonds. The van der Waals surface area contributed by atoms with Crippen LogP contribution in [0.4, 0.5) is 0 Å². The van der Waals surface area contributed by atoms with Gasteiger partial charge in [-0.1, -0.05) is 13.3 Å². The molecular weight excluding hydrogens is 136 g/mol. The first-order valence-electron chi connectivity index (χ1n) is 4.86. The first kappa shape index (κ1) is 7.56. The second-order valence-electron chi connectivity index (χ2n) is 3.78. The lowest BCUT2D eigenvalue weighted by Gasteiger charge is -2.38. The SMILES string of the molecule is CCC1CNCC1N1CCC1. The highest BCUT2D eigenvalue weighted by molar-refractivity contribution is 4.90. The van der Waals surface area contributed by atoms with Gasteiger partial charge in [0.25, 0.3) is 0 Å². The average Bonchev–Trinajstić information content (AvgIpc) is 2.32. The molecule has 2 aliphatic heterocycles. The maximum atomic E-state index is 3.48. The molecule has 2 nitrogen and oxygen atoms in total. The Bertz CT molecular complexity index is 132. The predicted octanol–water partition coefficient (Wildman–Crippen LogP) is 0.690. The Labute approximate surface area is 69.0 Å². The molecule has 0 radical (unpaired) electrons. The van der Waals surface area contributed by atoms with Crippen molar-refractivity contribution in [2.24, 2.45) is 5.92 Å². The van der Waals surface area contributed by atoms with Gasteiger partial charge in [0.05, 0.1) is 0 Å². The summed E-state index contributed by atoms with van der Waals surface area (Å²) in [7, 11) is 0. The number of nitrogens with one attached hydrogen (secondary N) is 1. The fraction of sp³-hybridized carbons (Fsp3) is 1.00. The van der Waals surface area contributed by atoms with Crippen molar-refractivity contribution < 1.29 is 0 Å². The second kappa shape index (κ2) is 3.11. The number of hydrogen-bond donors (Lipinski definition) is 1. The fourth-order valence-electron chi connectivity index (χ4n) is 2.24. The van der Waals surface area contributed by atoms with E-state index >= 15 is 0 Å². The summed E-state index contributed by atoms with van der Waals surface area (Å²) < 4.78 is 0. The van der Waals surface area contributed by atoms with Gasteiger partial charge in [-0.2, -0.15) is 0 Å². The summed E-state index contributed by atoms with van der Waals surface area (Å²) >= 11 is 0. The van der Waals surface area contributed by atoms with Crippen LogP contribution in [0.5, 0.6) is 0 Å². The number of nitrogens with zero attached hydrogens (tertiary/aromatic N) is 1. The van der Waals surface area contributed by atoms with Crippen LogP contribution in [-0.4, -0.2) is 37.1 Å². The number of rotatable bonds is 2. The zero-order valence-electron chi connectivity index (χ0n) is 7.34. The molecule has 0 aromatic rings. The highest BCUT2D eigenvalue weighted by Gasteiger charge is 2.32. The first-order chi connectivity index (χ1) is 5.42. The third-order valence-electron chi connectivity index (χ3n) is 3.19. The van der Waals surface area contributed by atoms with E-state index in [-0.39, 0.29) is 0 Å². The normalized spacial score (nSPS) is 39.0. The van der Waals surface area contributed by atoms with Gasteiger partial charge in [-0.3, -0.25) is 4.90 Å². The van der Waals surface area contributed by atoms with E-state index in [4.69, 9.17) is 0 Å². The summed E-state index contributed by atoms with van der Waals surface area (Å²) in [5.41, 5.74) is 0. The standard InChI is InChI=1S/C9H18N2/c1-2-8-6-10-7-9(8)11-4-3-5-11/h8-10H,2-7H2,1H3. The maximum Gasteiger partial charge on any atom is 0.0260 e. The molecule has 0 spiro atoms. The quantitative estimate of drug-likeness (QED) is 0.629. The molecule has 0 bridgehead atoms. The average molecular weight is 154 g/mol. The van der Waals surface area contributed by atoms with Gasteiger partial charge in [0.15, 0.2) is 0 Å². The molecule has 0 aromatic heterocycles. The first-order valence-corrected chi connectivity index (χ1v) is 4.86. The van der Waals surface area contributed by atoms with Crippen LogP contribution in [0.25, 0.3) is 0 Å². The van der Waals surface area contributed by atoms with E-state index in [1.54, 1.807) is 0 Å². The molecule has 1 N–H and O–H groups in total. The molecule has 0 aromatic carbocycles. The third kappa shape index (κ3) is 1.30. The summed E-state index contributed by atoms with van der Waals surface area (Å²) in [5, 5.41) is 3.48. The third-order valence-corrected chi connectivity index (χ3v) is 3.19. The van der Waals surface area contributed by atoms with Gasteiger partial charge in [0.1, 0.15) is 0 Å². The molecule has 2 fully saturated rings. The Balaban J connectivity index is 1.89. The summed E-state index contributed by atoms with van der Waals surface area (Å²) in [6.45, 7) is 7.49. The molecule has 64 valence electrons. The molecular formula is C9H18N2. The molecule has 11 heavy (non-hydrogen) atoms. The van der Waals surface area contributed by atoms with Crippen LogP contribution in [0.1, 0.15) is 19.8 Å². The van der Waals surface area contributed by atoms with E-state index in [1.165, 1.54) is 39.0 Å². The molecule has 2 unspecified atom stereocenters. The molecule has 2 saturated heterocycles. The van der Waals surface area contributed by atoms with Gasteiger partial charge >= 0.3 is 0 Å². The number of hydrogen-bond acceptors (Lipinski definition) is 2. The van der Waals surface area contributed by atoms with Crippen LogP contribution in [0.2, 0.25) is 0 Å². The van der Waals surface area contributed by atoms with Crippen molar-refractivity contribution in [2.45, 2.75) is 25.8 Å². The van der Waals surface area contributed by atoms with E-state index in [1.807, 2.05) is 0 Å². The lowest BCUT2D eigenvalue weighted by molar-refractivity contribution is 0.100. The zero-order valence-corrected chi connectivity index (χ0v) is 7.34. The van der Waals surface area contributed by atoms with Crippen LogP contribution in [0, 0.1) is 5.92 Å². The maximum absolute atomic E-state index is 3.48. The van der Waals surface area contributed by atoms with Crippen LogP contribution < -0.4 is 5.32 Å². The van der Waals surface area contributed by atoms with Crippen LogP contribution in [-0.2, 0) is 0 Å². The summed E-state index contributed by atoms with van der Waals surface area (Å²) in [5.74, 6) is 0.926. The minimum Gasteiger partial charge on any atom is -0.315 e. The molecule has 2 heteroatoms.